The molecule has 1 aliphatic heterocycles. The van der Waals surface area contributed by atoms with Crippen LogP contribution in [0.4, 0.5) is 0 Å². The van der Waals surface area contributed by atoms with Crippen molar-refractivity contribution in [3.8, 4) is 17.0 Å². The maximum atomic E-state index is 11.1. The molecule has 1 unspecified atom stereocenters. The summed E-state index contributed by atoms with van der Waals surface area (Å²) in [5, 5.41) is 23.9. The monoisotopic (exact) mass is 517 g/mol. The Labute approximate surface area is 219 Å². The van der Waals surface area contributed by atoms with Gasteiger partial charge in [-0.15, -0.1) is 5.10 Å². The predicted molar refractivity (Wildman–Crippen MR) is 140 cm³/mol. The van der Waals surface area contributed by atoms with Crippen LogP contribution >= 0.6 is 0 Å². The molecule has 11 heteroatoms. The van der Waals surface area contributed by atoms with Crippen LogP contribution < -0.4 is 4.74 Å². The average Bonchev–Trinajstić information content (AvgIpc) is 3.58. The fraction of sp³-hybridized carbons (Fsp3) is 0.444. The molecule has 6 heterocycles. The Morgan fingerprint density at radius 2 is 2.00 bits per heavy atom. The lowest BCUT2D eigenvalue weighted by Crippen LogP contribution is -2.28. The van der Waals surface area contributed by atoms with Crippen molar-refractivity contribution in [1.82, 2.24) is 34.7 Å². The zero-order chi connectivity index (χ0) is 26.6. The molecule has 0 aromatic carbocycles. The minimum atomic E-state index is -1.25. The van der Waals surface area contributed by atoms with E-state index in [9.17, 15) is 5.11 Å². The van der Waals surface area contributed by atoms with Gasteiger partial charge < -0.3 is 23.7 Å². The zero-order valence-corrected chi connectivity index (χ0v) is 22.2. The average molecular weight is 518 g/mol. The number of ether oxygens (including phenoxy) is 2. The summed E-state index contributed by atoms with van der Waals surface area (Å²) in [6.45, 7) is 6.66. The molecular weight excluding hydrogens is 486 g/mol. The third kappa shape index (κ3) is 3.84. The molecular formula is C27H31N7O4. The summed E-state index contributed by atoms with van der Waals surface area (Å²) < 4.78 is 21.3. The second kappa shape index (κ2) is 9.17. The third-order valence-electron chi connectivity index (χ3n) is 7.39. The summed E-state index contributed by atoms with van der Waals surface area (Å²) >= 11 is 0. The van der Waals surface area contributed by atoms with Gasteiger partial charge in [-0.1, -0.05) is 10.4 Å². The summed E-state index contributed by atoms with van der Waals surface area (Å²) in [7, 11) is 3.52. The van der Waals surface area contributed by atoms with Crippen molar-refractivity contribution < 1.29 is 19.1 Å². The first-order valence-corrected chi connectivity index (χ1v) is 12.7. The Morgan fingerprint density at radius 3 is 2.68 bits per heavy atom. The van der Waals surface area contributed by atoms with E-state index in [4.69, 9.17) is 24.0 Å². The Balaban J connectivity index is 1.72. The van der Waals surface area contributed by atoms with Gasteiger partial charge in [-0.25, -0.2) is 9.67 Å². The first-order valence-electron chi connectivity index (χ1n) is 12.7. The van der Waals surface area contributed by atoms with Crippen LogP contribution in [0.3, 0.4) is 0 Å². The number of aromatic nitrogens is 7. The van der Waals surface area contributed by atoms with Crippen LogP contribution in [0.5, 0.6) is 5.75 Å². The van der Waals surface area contributed by atoms with E-state index in [0.29, 0.717) is 41.3 Å². The summed E-state index contributed by atoms with van der Waals surface area (Å²) in [6, 6.07) is 5.63. The maximum absolute atomic E-state index is 11.1. The standard InChI is InChI=1S/C27H31N7O4/c1-15-22(33(4)32-30-15)17-13-18-20(29-14-17)25-24(26(31-38-25)27(2,3)35)34(18)23(16-8-11-37-12-9-16)21-19(36-5)7-6-10-28-21/h6-7,10,13-14,16,23,35H,8-9,11-12H2,1-5H3. The van der Waals surface area contributed by atoms with Gasteiger partial charge >= 0.3 is 0 Å². The van der Waals surface area contributed by atoms with Gasteiger partial charge in [0.25, 0.3) is 0 Å². The third-order valence-corrected chi connectivity index (χ3v) is 7.39. The minimum Gasteiger partial charge on any atom is -0.495 e. The predicted octanol–water partition coefficient (Wildman–Crippen LogP) is 3.93. The second-order valence-electron chi connectivity index (χ2n) is 10.4. The lowest BCUT2D eigenvalue weighted by atomic mass is 9.88. The smallest absolute Gasteiger partial charge is 0.211 e. The lowest BCUT2D eigenvalue weighted by Gasteiger charge is -2.33. The Kier molecular flexibility index (Phi) is 5.92. The van der Waals surface area contributed by atoms with Crippen molar-refractivity contribution in [2.45, 2.75) is 45.3 Å². The van der Waals surface area contributed by atoms with E-state index in [-0.39, 0.29) is 12.0 Å². The van der Waals surface area contributed by atoms with E-state index in [1.165, 1.54) is 0 Å². The van der Waals surface area contributed by atoms with Crippen LogP contribution in [0, 0.1) is 12.8 Å². The van der Waals surface area contributed by atoms with Crippen LogP contribution in [0.2, 0.25) is 0 Å². The number of pyridine rings is 2. The molecule has 198 valence electrons. The first kappa shape index (κ1) is 24.5. The maximum Gasteiger partial charge on any atom is 0.211 e. The lowest BCUT2D eigenvalue weighted by molar-refractivity contribution is 0.0538. The summed E-state index contributed by atoms with van der Waals surface area (Å²) in [6.07, 6.45) is 5.26. The van der Waals surface area contributed by atoms with E-state index >= 15 is 0 Å². The fourth-order valence-electron chi connectivity index (χ4n) is 5.66. The van der Waals surface area contributed by atoms with E-state index < -0.39 is 5.60 Å². The molecule has 0 radical (unpaired) electrons. The molecule has 1 N–H and O–H groups in total. The van der Waals surface area contributed by atoms with Gasteiger partial charge in [-0.2, -0.15) is 0 Å². The number of nitrogens with zero attached hydrogens (tertiary/aromatic N) is 7. The Hall–Kier alpha value is -3.83. The van der Waals surface area contributed by atoms with Crippen molar-refractivity contribution in [2.75, 3.05) is 20.3 Å². The van der Waals surface area contributed by atoms with E-state index in [2.05, 4.69) is 26.1 Å². The first-order chi connectivity index (χ1) is 18.3. The molecule has 11 nitrogen and oxygen atoms in total. The molecule has 0 saturated carbocycles. The van der Waals surface area contributed by atoms with E-state index in [1.807, 2.05) is 26.1 Å². The number of fused-ring (bicyclic) bond motifs is 3. The Bertz CT molecular complexity index is 1600. The summed E-state index contributed by atoms with van der Waals surface area (Å²) in [4.78, 5) is 9.67. The van der Waals surface area contributed by atoms with Crippen LogP contribution in [-0.2, 0) is 17.4 Å². The van der Waals surface area contributed by atoms with Gasteiger partial charge in [0.2, 0.25) is 5.58 Å². The van der Waals surface area contributed by atoms with E-state index in [1.54, 1.807) is 38.0 Å². The van der Waals surface area contributed by atoms with Gasteiger partial charge in [0.15, 0.2) is 0 Å². The SMILES string of the molecule is COc1cccnc1C(C1CCOCC1)n1c2cc(-c3c(C)nnn3C)cnc2c2onc(C(C)(C)O)c21. The second-order valence-corrected chi connectivity index (χ2v) is 10.4. The van der Waals surface area contributed by atoms with Crippen LogP contribution in [0.1, 0.15) is 49.8 Å². The molecule has 0 amide bonds. The van der Waals surface area contributed by atoms with Crippen molar-refractivity contribution in [3.63, 3.8) is 0 Å². The van der Waals surface area contributed by atoms with Gasteiger partial charge in [0, 0.05) is 38.2 Å². The normalized spacial score (nSPS) is 15.9. The molecule has 0 aliphatic carbocycles. The zero-order valence-electron chi connectivity index (χ0n) is 22.2. The highest BCUT2D eigenvalue weighted by atomic mass is 16.5. The number of methoxy groups -OCH3 is 1. The minimum absolute atomic E-state index is 0.180. The topological polar surface area (TPSA) is 126 Å². The van der Waals surface area contributed by atoms with E-state index in [0.717, 1.165) is 41.0 Å². The molecule has 5 aromatic rings. The van der Waals surface area contributed by atoms with Crippen molar-refractivity contribution in [3.05, 3.63) is 47.7 Å². The largest absolute Gasteiger partial charge is 0.495 e. The Morgan fingerprint density at radius 1 is 1.21 bits per heavy atom. The molecule has 0 bridgehead atoms. The number of hydrogen-bond acceptors (Lipinski definition) is 9. The summed E-state index contributed by atoms with van der Waals surface area (Å²) in [5.41, 5.74) is 5.27. The number of hydrogen-bond donors (Lipinski definition) is 1. The van der Waals surface area contributed by atoms with Crippen LogP contribution in [-0.4, -0.2) is 60.1 Å². The molecule has 38 heavy (non-hydrogen) atoms. The highest BCUT2D eigenvalue weighted by Gasteiger charge is 2.37. The summed E-state index contributed by atoms with van der Waals surface area (Å²) in [5.74, 6) is 0.871. The highest BCUT2D eigenvalue weighted by Crippen LogP contribution is 2.44. The number of aliphatic hydroxyl groups is 1. The molecule has 1 atom stereocenters. The van der Waals surface area contributed by atoms with Gasteiger partial charge in [0.1, 0.15) is 33.8 Å². The molecule has 1 aliphatic rings. The molecule has 1 saturated heterocycles. The van der Waals surface area contributed by atoms with Crippen molar-refractivity contribution >= 4 is 22.1 Å². The highest BCUT2D eigenvalue weighted by molar-refractivity contribution is 6.04. The number of rotatable bonds is 6. The quantitative estimate of drug-likeness (QED) is 0.356. The van der Waals surface area contributed by atoms with Gasteiger partial charge in [-0.3, -0.25) is 4.98 Å². The molecule has 1 fully saturated rings. The van der Waals surface area contributed by atoms with Gasteiger partial charge in [0.05, 0.1) is 30.1 Å². The molecule has 5 aromatic heterocycles. The van der Waals surface area contributed by atoms with Crippen molar-refractivity contribution in [2.24, 2.45) is 13.0 Å². The van der Waals surface area contributed by atoms with Crippen LogP contribution in [0.15, 0.2) is 35.1 Å². The molecule has 0 spiro atoms. The van der Waals surface area contributed by atoms with Crippen LogP contribution in [0.25, 0.3) is 33.4 Å². The molecule has 6 rings (SSSR count). The van der Waals surface area contributed by atoms with Gasteiger partial charge in [-0.05, 0) is 57.7 Å². The van der Waals surface area contributed by atoms with Crippen molar-refractivity contribution in [1.29, 1.82) is 0 Å². The number of aryl methyl sites for hydroxylation is 2. The fourth-order valence-corrected chi connectivity index (χ4v) is 5.66.